The van der Waals surface area contributed by atoms with E-state index >= 15 is 0 Å². The zero-order valence-corrected chi connectivity index (χ0v) is 22.6. The van der Waals surface area contributed by atoms with Crippen molar-refractivity contribution in [2.45, 2.75) is 4.90 Å². The third kappa shape index (κ3) is 5.59. The molecule has 7 nitrogen and oxygen atoms in total. The minimum Gasteiger partial charge on any atom is -0.369 e. The molecule has 5 aromatic rings. The average Bonchev–Trinajstić information content (AvgIpc) is 3.03. The van der Waals surface area contributed by atoms with Crippen LogP contribution in [0.3, 0.4) is 0 Å². The summed E-state index contributed by atoms with van der Waals surface area (Å²) in [5.74, 6) is 0.522. The number of anilines is 3. The van der Waals surface area contributed by atoms with Gasteiger partial charge in [-0.15, -0.1) is 0 Å². The Morgan fingerprint density at radius 1 is 0.700 bits per heavy atom. The Hall–Kier alpha value is -4.53. The molecule has 0 spiro atoms. The second-order valence-electron chi connectivity index (χ2n) is 9.51. The molecule has 6 rings (SSSR count). The fourth-order valence-corrected chi connectivity index (χ4v) is 6.23. The van der Waals surface area contributed by atoms with E-state index in [9.17, 15) is 8.42 Å². The molecule has 1 N–H and O–H groups in total. The minimum atomic E-state index is -3.55. The highest BCUT2D eigenvalue weighted by atomic mass is 32.2. The van der Waals surface area contributed by atoms with Crippen molar-refractivity contribution in [1.82, 2.24) is 14.3 Å². The Labute approximate surface area is 234 Å². The summed E-state index contributed by atoms with van der Waals surface area (Å²) < 4.78 is 28.2. The monoisotopic (exact) mass is 546 g/mol. The van der Waals surface area contributed by atoms with E-state index in [1.54, 1.807) is 22.6 Å². The first-order valence-electron chi connectivity index (χ1n) is 13.1. The predicted molar refractivity (Wildman–Crippen MR) is 159 cm³/mol. The molecule has 0 aliphatic carbocycles. The Morgan fingerprint density at radius 2 is 1.38 bits per heavy atom. The van der Waals surface area contributed by atoms with Gasteiger partial charge >= 0.3 is 0 Å². The average molecular weight is 547 g/mol. The number of rotatable bonds is 7. The number of hydrogen-bond donors (Lipinski definition) is 1. The SMILES string of the molecule is O=S(=O)(c1ccc(-c2ccccc2)cc1)N1CCN(c2ccc(Nc3nccc(-c4cc[c]cc4)n3)cc2)CC1. The number of piperazine rings is 1. The van der Waals surface area contributed by atoms with Crippen LogP contribution in [0.1, 0.15) is 0 Å². The molecule has 1 aromatic heterocycles. The minimum absolute atomic E-state index is 0.327. The second kappa shape index (κ2) is 11.3. The number of nitrogens with zero attached hydrogens (tertiary/aromatic N) is 4. The summed E-state index contributed by atoms with van der Waals surface area (Å²) in [6, 6.07) is 37.7. The Bertz CT molecular complexity index is 1670. The third-order valence-corrected chi connectivity index (χ3v) is 8.91. The fourth-order valence-electron chi connectivity index (χ4n) is 4.81. The van der Waals surface area contributed by atoms with Crippen LogP contribution in [-0.4, -0.2) is 48.9 Å². The van der Waals surface area contributed by atoms with E-state index in [1.165, 1.54) is 0 Å². The van der Waals surface area contributed by atoms with Crippen LogP contribution in [0, 0.1) is 6.07 Å². The van der Waals surface area contributed by atoms with E-state index in [1.807, 2.05) is 97.1 Å². The molecule has 1 radical (unpaired) electrons. The molecule has 0 saturated carbocycles. The maximum absolute atomic E-state index is 13.3. The summed E-state index contributed by atoms with van der Waals surface area (Å²) in [6.45, 7) is 2.10. The van der Waals surface area contributed by atoms with Crippen molar-refractivity contribution in [2.24, 2.45) is 0 Å². The molecule has 8 heteroatoms. The summed E-state index contributed by atoms with van der Waals surface area (Å²) in [7, 11) is -3.55. The van der Waals surface area contributed by atoms with E-state index in [-0.39, 0.29) is 0 Å². The normalized spacial score (nSPS) is 14.2. The zero-order valence-electron chi connectivity index (χ0n) is 21.8. The van der Waals surface area contributed by atoms with Crippen molar-refractivity contribution in [3.63, 3.8) is 0 Å². The number of aromatic nitrogens is 2. The molecule has 0 amide bonds. The smallest absolute Gasteiger partial charge is 0.243 e. The highest BCUT2D eigenvalue weighted by Gasteiger charge is 2.28. The van der Waals surface area contributed by atoms with Gasteiger partial charge < -0.3 is 10.2 Å². The molecule has 0 bridgehead atoms. The molecule has 2 heterocycles. The Kier molecular flexibility index (Phi) is 7.27. The van der Waals surface area contributed by atoms with E-state index in [0.717, 1.165) is 33.8 Å². The molecule has 40 heavy (non-hydrogen) atoms. The van der Waals surface area contributed by atoms with Crippen molar-refractivity contribution in [2.75, 3.05) is 36.4 Å². The standard InChI is InChI=1S/C32H28N5O2S/c38-40(39,30-17-11-26(12-18-30)25-7-3-1-4-8-25)37-23-21-36(22-24-37)29-15-13-28(14-16-29)34-32-33-20-19-31(35-32)27-9-5-2-6-10-27/h1,3-20H,21-24H2,(H,33,34,35). The summed E-state index contributed by atoms with van der Waals surface area (Å²) in [5.41, 5.74) is 5.82. The lowest BCUT2D eigenvalue weighted by Gasteiger charge is -2.35. The van der Waals surface area contributed by atoms with Gasteiger partial charge in [0.1, 0.15) is 0 Å². The molecule has 4 aromatic carbocycles. The van der Waals surface area contributed by atoms with Gasteiger partial charge in [-0.1, -0.05) is 66.7 Å². The van der Waals surface area contributed by atoms with Crippen molar-refractivity contribution in [3.05, 3.63) is 121 Å². The van der Waals surface area contributed by atoms with Gasteiger partial charge in [0.2, 0.25) is 16.0 Å². The van der Waals surface area contributed by atoms with Crippen molar-refractivity contribution in [1.29, 1.82) is 0 Å². The van der Waals surface area contributed by atoms with Crippen LogP contribution in [0.2, 0.25) is 0 Å². The van der Waals surface area contributed by atoms with E-state index < -0.39 is 10.0 Å². The van der Waals surface area contributed by atoms with Gasteiger partial charge in [0.15, 0.2) is 0 Å². The van der Waals surface area contributed by atoms with E-state index in [2.05, 4.69) is 26.3 Å². The third-order valence-electron chi connectivity index (χ3n) is 7.00. The van der Waals surface area contributed by atoms with Crippen molar-refractivity contribution >= 4 is 27.3 Å². The number of nitrogens with one attached hydrogen (secondary N) is 1. The summed E-state index contributed by atoms with van der Waals surface area (Å²) in [5, 5.41) is 3.27. The van der Waals surface area contributed by atoms with Gasteiger partial charge in [-0.25, -0.2) is 18.4 Å². The Balaban J connectivity index is 1.07. The lowest BCUT2D eigenvalue weighted by molar-refractivity contribution is 0.385. The van der Waals surface area contributed by atoms with Gasteiger partial charge in [0.05, 0.1) is 10.6 Å². The highest BCUT2D eigenvalue weighted by Crippen LogP contribution is 2.26. The van der Waals surface area contributed by atoms with Gasteiger partial charge in [0, 0.05) is 49.3 Å². The molecule has 0 atom stereocenters. The first-order chi connectivity index (χ1) is 19.6. The van der Waals surface area contributed by atoms with Crippen LogP contribution >= 0.6 is 0 Å². The zero-order chi connectivity index (χ0) is 27.4. The molecule has 199 valence electrons. The lowest BCUT2D eigenvalue weighted by Crippen LogP contribution is -2.48. The van der Waals surface area contributed by atoms with Crippen LogP contribution in [0.15, 0.2) is 120 Å². The first-order valence-corrected chi connectivity index (χ1v) is 14.6. The fraction of sp³-hybridized carbons (Fsp3) is 0.125. The molecule has 1 saturated heterocycles. The topological polar surface area (TPSA) is 78.4 Å². The maximum atomic E-state index is 13.3. The molecular weight excluding hydrogens is 518 g/mol. The molecule has 1 aliphatic rings. The second-order valence-corrected chi connectivity index (χ2v) is 11.4. The van der Waals surface area contributed by atoms with Crippen molar-refractivity contribution in [3.8, 4) is 22.4 Å². The van der Waals surface area contributed by atoms with Gasteiger partial charge in [-0.3, -0.25) is 0 Å². The molecule has 0 unspecified atom stereocenters. The quantitative estimate of drug-likeness (QED) is 0.275. The molecule has 1 aliphatic heterocycles. The number of benzene rings is 4. The van der Waals surface area contributed by atoms with Crippen LogP contribution in [0.4, 0.5) is 17.3 Å². The van der Waals surface area contributed by atoms with E-state index in [0.29, 0.717) is 37.0 Å². The maximum Gasteiger partial charge on any atom is 0.243 e. The number of hydrogen-bond acceptors (Lipinski definition) is 6. The van der Waals surface area contributed by atoms with Gasteiger partial charge in [-0.2, -0.15) is 4.31 Å². The molecule has 1 fully saturated rings. The Morgan fingerprint density at radius 3 is 2.08 bits per heavy atom. The molecular formula is C32H28N5O2S. The van der Waals surface area contributed by atoms with Crippen LogP contribution in [-0.2, 0) is 10.0 Å². The predicted octanol–water partition coefficient (Wildman–Crippen LogP) is 5.87. The van der Waals surface area contributed by atoms with E-state index in [4.69, 9.17) is 0 Å². The van der Waals surface area contributed by atoms with Crippen LogP contribution in [0.25, 0.3) is 22.4 Å². The summed E-state index contributed by atoms with van der Waals surface area (Å²) in [4.78, 5) is 11.5. The summed E-state index contributed by atoms with van der Waals surface area (Å²) in [6.07, 6.45) is 1.74. The van der Waals surface area contributed by atoms with Crippen molar-refractivity contribution < 1.29 is 8.42 Å². The summed E-state index contributed by atoms with van der Waals surface area (Å²) >= 11 is 0. The largest absolute Gasteiger partial charge is 0.369 e. The van der Waals surface area contributed by atoms with Crippen LogP contribution in [0.5, 0.6) is 0 Å². The van der Waals surface area contributed by atoms with Gasteiger partial charge in [-0.05, 0) is 59.7 Å². The lowest BCUT2D eigenvalue weighted by atomic mass is 10.1. The van der Waals surface area contributed by atoms with Crippen LogP contribution < -0.4 is 10.2 Å². The number of sulfonamides is 1. The van der Waals surface area contributed by atoms with Gasteiger partial charge in [0.25, 0.3) is 0 Å². The highest BCUT2D eigenvalue weighted by molar-refractivity contribution is 7.89. The first kappa shape index (κ1) is 25.7.